The number of fused-ring (bicyclic) bond motifs is 4. The number of nitrogens with two attached hydrogens (primary N) is 1. The Balaban J connectivity index is 1.48. The average Bonchev–Trinajstić information content (AvgIpc) is 3.36. The first kappa shape index (κ1) is 20.1. The molecule has 3 N–H and O–H groups in total. The van der Waals surface area contributed by atoms with Gasteiger partial charge in [-0.25, -0.2) is 0 Å². The molecule has 166 valence electrons. The van der Waals surface area contributed by atoms with Gasteiger partial charge in [-0.1, -0.05) is 36.4 Å². The van der Waals surface area contributed by atoms with Gasteiger partial charge in [-0.05, 0) is 42.5 Å². The number of carbonyl (C=O) groups excluding carboxylic acids is 2. The third-order valence-electron chi connectivity index (χ3n) is 6.42. The smallest absolute Gasteiger partial charge is 0.264 e. The molecule has 7 nitrogen and oxygen atoms in total. The molecule has 1 aliphatic heterocycles. The zero-order valence-corrected chi connectivity index (χ0v) is 18.3. The standard InChI is InChI=1S/C27H20N4O3/c1-34-17-12-10-16(11-13-17)31-24-9-5-3-7-20(24)27(28,26(31)33)25(32)22-14-19-18-6-2-4-8-21(18)30-23(19)15-29-22/h2-15,30H,28H2,1H3. The molecule has 6 rings (SSSR count). The molecule has 34 heavy (non-hydrogen) atoms. The maximum Gasteiger partial charge on any atom is 0.264 e. The predicted octanol–water partition coefficient (Wildman–Crippen LogP) is 4.44. The number of rotatable bonds is 4. The van der Waals surface area contributed by atoms with Gasteiger partial charge in [0.05, 0.1) is 24.5 Å². The van der Waals surface area contributed by atoms with Crippen molar-refractivity contribution in [2.24, 2.45) is 5.73 Å². The average molecular weight is 448 g/mol. The lowest BCUT2D eigenvalue weighted by Crippen LogP contribution is -2.52. The molecule has 3 heterocycles. The minimum absolute atomic E-state index is 0.138. The van der Waals surface area contributed by atoms with Crippen LogP contribution in [0.2, 0.25) is 0 Å². The number of para-hydroxylation sites is 2. The van der Waals surface area contributed by atoms with Crippen LogP contribution < -0.4 is 15.4 Å². The molecule has 0 radical (unpaired) electrons. The van der Waals surface area contributed by atoms with Crippen LogP contribution in [-0.4, -0.2) is 28.8 Å². The van der Waals surface area contributed by atoms with Gasteiger partial charge in [0.15, 0.2) is 5.54 Å². The summed E-state index contributed by atoms with van der Waals surface area (Å²) in [6.45, 7) is 0. The van der Waals surface area contributed by atoms with Crippen LogP contribution in [0, 0.1) is 0 Å². The molecule has 0 saturated carbocycles. The number of aromatic nitrogens is 2. The number of nitrogens with one attached hydrogen (secondary N) is 1. The topological polar surface area (TPSA) is 101 Å². The monoisotopic (exact) mass is 448 g/mol. The summed E-state index contributed by atoms with van der Waals surface area (Å²) >= 11 is 0. The summed E-state index contributed by atoms with van der Waals surface area (Å²) in [5.74, 6) is -0.409. The Morgan fingerprint density at radius 3 is 2.50 bits per heavy atom. The number of pyridine rings is 1. The molecular weight excluding hydrogens is 428 g/mol. The van der Waals surface area contributed by atoms with Crippen LogP contribution in [0.25, 0.3) is 21.8 Å². The van der Waals surface area contributed by atoms with E-state index >= 15 is 0 Å². The van der Waals surface area contributed by atoms with E-state index in [0.717, 1.165) is 21.8 Å². The first-order valence-electron chi connectivity index (χ1n) is 10.8. The first-order valence-corrected chi connectivity index (χ1v) is 10.8. The van der Waals surface area contributed by atoms with Crippen molar-refractivity contribution < 1.29 is 14.3 Å². The Kier molecular flexibility index (Phi) is 4.30. The molecule has 7 heteroatoms. The van der Waals surface area contributed by atoms with E-state index in [1.54, 1.807) is 61.8 Å². The van der Waals surface area contributed by atoms with Gasteiger partial charge in [-0.2, -0.15) is 0 Å². The highest BCUT2D eigenvalue weighted by molar-refractivity contribution is 6.28. The lowest BCUT2D eigenvalue weighted by Gasteiger charge is -2.23. The van der Waals surface area contributed by atoms with Crippen LogP contribution in [0.15, 0.2) is 85.1 Å². The lowest BCUT2D eigenvalue weighted by atomic mass is 9.86. The van der Waals surface area contributed by atoms with Crippen molar-refractivity contribution >= 4 is 44.9 Å². The summed E-state index contributed by atoms with van der Waals surface area (Å²) in [4.78, 5) is 36.8. The number of Topliss-reactive ketones (excluding diaryl/α,β-unsaturated/α-hetero) is 1. The van der Waals surface area contributed by atoms with E-state index in [0.29, 0.717) is 22.7 Å². The third kappa shape index (κ3) is 2.71. The number of ether oxygens (including phenoxy) is 1. The van der Waals surface area contributed by atoms with Crippen molar-refractivity contribution in [2.45, 2.75) is 5.54 Å². The number of ketones is 1. The van der Waals surface area contributed by atoms with Gasteiger partial charge in [0, 0.05) is 27.5 Å². The fraction of sp³-hybridized carbons (Fsp3) is 0.0741. The molecule has 1 unspecified atom stereocenters. The van der Waals surface area contributed by atoms with E-state index in [-0.39, 0.29) is 5.69 Å². The maximum absolute atomic E-state index is 13.9. The molecule has 1 amide bonds. The summed E-state index contributed by atoms with van der Waals surface area (Å²) in [6.07, 6.45) is 1.61. The lowest BCUT2D eigenvalue weighted by molar-refractivity contribution is -0.120. The van der Waals surface area contributed by atoms with Gasteiger partial charge in [0.1, 0.15) is 11.4 Å². The number of carbonyl (C=O) groups is 2. The Bertz CT molecular complexity index is 1610. The highest BCUT2D eigenvalue weighted by Gasteiger charge is 2.54. The zero-order valence-electron chi connectivity index (χ0n) is 18.3. The molecule has 0 saturated heterocycles. The van der Waals surface area contributed by atoms with E-state index < -0.39 is 17.2 Å². The summed E-state index contributed by atoms with van der Waals surface area (Å²) in [7, 11) is 1.58. The van der Waals surface area contributed by atoms with Gasteiger partial charge in [-0.15, -0.1) is 0 Å². The van der Waals surface area contributed by atoms with Crippen LogP contribution in [0.1, 0.15) is 16.1 Å². The van der Waals surface area contributed by atoms with Gasteiger partial charge in [-0.3, -0.25) is 19.5 Å². The van der Waals surface area contributed by atoms with E-state index in [2.05, 4.69) is 9.97 Å². The van der Waals surface area contributed by atoms with Crippen molar-refractivity contribution in [1.82, 2.24) is 9.97 Å². The van der Waals surface area contributed by atoms with Gasteiger partial charge in [0.2, 0.25) is 5.78 Å². The number of methoxy groups -OCH3 is 1. The number of amides is 1. The van der Waals surface area contributed by atoms with E-state index in [1.807, 2.05) is 30.3 Å². The van der Waals surface area contributed by atoms with Crippen LogP contribution in [-0.2, 0) is 10.3 Å². The zero-order chi connectivity index (χ0) is 23.4. The number of H-pyrrole nitrogens is 1. The Morgan fingerprint density at radius 1 is 0.971 bits per heavy atom. The quantitative estimate of drug-likeness (QED) is 0.313. The van der Waals surface area contributed by atoms with Gasteiger partial charge >= 0.3 is 0 Å². The van der Waals surface area contributed by atoms with Crippen molar-refractivity contribution in [2.75, 3.05) is 12.0 Å². The molecule has 0 aliphatic carbocycles. The van der Waals surface area contributed by atoms with Crippen molar-refractivity contribution in [1.29, 1.82) is 0 Å². The summed E-state index contributed by atoms with van der Waals surface area (Å²) < 4.78 is 5.23. The number of aromatic amines is 1. The largest absolute Gasteiger partial charge is 0.497 e. The highest BCUT2D eigenvalue weighted by Crippen LogP contribution is 2.44. The summed E-state index contributed by atoms with van der Waals surface area (Å²) in [5.41, 5.74) is 8.30. The summed E-state index contributed by atoms with van der Waals surface area (Å²) in [6, 6.07) is 23.7. The molecule has 2 aromatic heterocycles. The number of hydrogen-bond acceptors (Lipinski definition) is 5. The number of anilines is 2. The van der Waals surface area contributed by atoms with E-state index in [9.17, 15) is 9.59 Å². The van der Waals surface area contributed by atoms with Gasteiger partial charge in [0.25, 0.3) is 5.91 Å². The fourth-order valence-corrected chi connectivity index (χ4v) is 4.69. The van der Waals surface area contributed by atoms with Crippen LogP contribution in [0.5, 0.6) is 5.75 Å². The second-order valence-electron chi connectivity index (χ2n) is 8.28. The molecule has 1 aliphatic rings. The predicted molar refractivity (Wildman–Crippen MR) is 130 cm³/mol. The minimum atomic E-state index is -1.90. The number of benzene rings is 3. The number of nitrogens with zero attached hydrogens (tertiary/aromatic N) is 2. The fourth-order valence-electron chi connectivity index (χ4n) is 4.69. The molecule has 1 atom stereocenters. The molecule has 0 bridgehead atoms. The second-order valence-corrected chi connectivity index (χ2v) is 8.28. The minimum Gasteiger partial charge on any atom is -0.497 e. The van der Waals surface area contributed by atoms with Crippen LogP contribution in [0.4, 0.5) is 11.4 Å². The molecule has 0 spiro atoms. The Labute approximate surface area is 194 Å². The Hall–Kier alpha value is -4.49. The third-order valence-corrected chi connectivity index (χ3v) is 6.42. The molecule has 5 aromatic rings. The van der Waals surface area contributed by atoms with Crippen LogP contribution >= 0.6 is 0 Å². The highest BCUT2D eigenvalue weighted by atomic mass is 16.5. The number of hydrogen-bond donors (Lipinski definition) is 2. The maximum atomic E-state index is 13.9. The SMILES string of the molecule is COc1ccc(N2C(=O)C(N)(C(=O)c3cc4c(cn3)[nH]c3ccccc34)c3ccccc32)cc1. The van der Waals surface area contributed by atoms with Crippen molar-refractivity contribution in [3.63, 3.8) is 0 Å². The van der Waals surface area contributed by atoms with E-state index in [1.165, 1.54) is 4.90 Å². The van der Waals surface area contributed by atoms with Crippen LogP contribution in [0.3, 0.4) is 0 Å². The Morgan fingerprint density at radius 2 is 1.71 bits per heavy atom. The van der Waals surface area contributed by atoms with Gasteiger partial charge < -0.3 is 15.5 Å². The van der Waals surface area contributed by atoms with Crippen molar-refractivity contribution in [3.8, 4) is 5.75 Å². The van der Waals surface area contributed by atoms with Crippen molar-refractivity contribution in [3.05, 3.63) is 96.3 Å². The second kappa shape index (κ2) is 7.26. The normalized spacial score (nSPS) is 17.4. The first-order chi connectivity index (χ1) is 16.5. The van der Waals surface area contributed by atoms with E-state index in [4.69, 9.17) is 10.5 Å². The molecule has 3 aromatic carbocycles. The molecule has 0 fully saturated rings. The molecular formula is C27H20N4O3. The summed E-state index contributed by atoms with van der Waals surface area (Å²) in [5, 5.41) is 1.82.